The SMILES string of the molecule is CCNc1nnc(CN(CC)CCOC)s1. The Morgan fingerprint density at radius 3 is 2.81 bits per heavy atom. The van der Waals surface area contributed by atoms with E-state index in [0.717, 1.165) is 42.9 Å². The Balaban J connectivity index is 2.43. The molecule has 1 aromatic rings. The summed E-state index contributed by atoms with van der Waals surface area (Å²) in [6, 6.07) is 0. The van der Waals surface area contributed by atoms with Gasteiger partial charge in [0.05, 0.1) is 13.2 Å². The summed E-state index contributed by atoms with van der Waals surface area (Å²) in [6.07, 6.45) is 0. The van der Waals surface area contributed by atoms with E-state index in [1.165, 1.54) is 0 Å². The van der Waals surface area contributed by atoms with Gasteiger partial charge in [0.1, 0.15) is 5.01 Å². The Labute approximate surface area is 101 Å². The van der Waals surface area contributed by atoms with Crippen molar-refractivity contribution in [2.75, 3.05) is 38.7 Å². The Morgan fingerprint density at radius 2 is 2.19 bits per heavy atom. The van der Waals surface area contributed by atoms with E-state index < -0.39 is 0 Å². The minimum absolute atomic E-state index is 0.757. The number of methoxy groups -OCH3 is 1. The molecule has 92 valence electrons. The van der Waals surface area contributed by atoms with Gasteiger partial charge in [0.2, 0.25) is 5.13 Å². The number of nitrogens with one attached hydrogen (secondary N) is 1. The van der Waals surface area contributed by atoms with Gasteiger partial charge in [-0.1, -0.05) is 18.3 Å². The van der Waals surface area contributed by atoms with Crippen LogP contribution in [0.3, 0.4) is 0 Å². The number of aromatic nitrogens is 2. The molecule has 1 heterocycles. The largest absolute Gasteiger partial charge is 0.383 e. The van der Waals surface area contributed by atoms with Crippen LogP contribution >= 0.6 is 11.3 Å². The fraction of sp³-hybridized carbons (Fsp3) is 0.800. The number of likely N-dealkylation sites (N-methyl/N-ethyl adjacent to an activating group) is 1. The second kappa shape index (κ2) is 7.54. The predicted molar refractivity (Wildman–Crippen MR) is 66.9 cm³/mol. The van der Waals surface area contributed by atoms with Crippen LogP contribution in [0, 0.1) is 0 Å². The van der Waals surface area contributed by atoms with Crippen LogP contribution in [0.1, 0.15) is 18.9 Å². The molecule has 0 spiro atoms. The van der Waals surface area contributed by atoms with Crippen molar-refractivity contribution in [3.8, 4) is 0 Å². The van der Waals surface area contributed by atoms with E-state index in [1.54, 1.807) is 18.4 Å². The Morgan fingerprint density at radius 1 is 1.38 bits per heavy atom. The second-order valence-electron chi connectivity index (χ2n) is 3.39. The first-order valence-corrected chi connectivity index (χ1v) is 6.39. The lowest BCUT2D eigenvalue weighted by Crippen LogP contribution is -2.26. The van der Waals surface area contributed by atoms with E-state index >= 15 is 0 Å². The molecule has 1 rings (SSSR count). The average molecular weight is 244 g/mol. The second-order valence-corrected chi connectivity index (χ2v) is 4.45. The molecular weight excluding hydrogens is 224 g/mol. The van der Waals surface area contributed by atoms with Gasteiger partial charge in [0.25, 0.3) is 0 Å². The van der Waals surface area contributed by atoms with Crippen molar-refractivity contribution < 1.29 is 4.74 Å². The van der Waals surface area contributed by atoms with Gasteiger partial charge >= 0.3 is 0 Å². The van der Waals surface area contributed by atoms with Gasteiger partial charge in [-0.2, -0.15) is 0 Å². The lowest BCUT2D eigenvalue weighted by atomic mass is 10.5. The summed E-state index contributed by atoms with van der Waals surface area (Å²) in [5.41, 5.74) is 0. The molecule has 0 amide bonds. The van der Waals surface area contributed by atoms with Crippen LogP contribution in [0.2, 0.25) is 0 Å². The summed E-state index contributed by atoms with van der Waals surface area (Å²) in [5.74, 6) is 0. The number of hydrogen-bond donors (Lipinski definition) is 1. The highest BCUT2D eigenvalue weighted by Crippen LogP contribution is 2.16. The molecule has 0 fully saturated rings. The molecular formula is C10H20N4OS. The van der Waals surface area contributed by atoms with Crippen LogP contribution in [-0.2, 0) is 11.3 Å². The van der Waals surface area contributed by atoms with E-state index in [1.807, 2.05) is 0 Å². The minimum Gasteiger partial charge on any atom is -0.383 e. The maximum Gasteiger partial charge on any atom is 0.205 e. The van der Waals surface area contributed by atoms with Crippen molar-refractivity contribution in [1.82, 2.24) is 15.1 Å². The summed E-state index contributed by atoms with van der Waals surface area (Å²) in [6.45, 7) is 8.62. The first kappa shape index (κ1) is 13.3. The summed E-state index contributed by atoms with van der Waals surface area (Å²) in [4.78, 5) is 2.29. The summed E-state index contributed by atoms with van der Waals surface area (Å²) in [7, 11) is 1.72. The molecule has 6 heteroatoms. The van der Waals surface area contributed by atoms with Crippen molar-refractivity contribution in [2.45, 2.75) is 20.4 Å². The Kier molecular flexibility index (Phi) is 6.29. The number of nitrogens with zero attached hydrogens (tertiary/aromatic N) is 3. The maximum atomic E-state index is 5.07. The highest BCUT2D eigenvalue weighted by Gasteiger charge is 2.08. The van der Waals surface area contributed by atoms with Crippen molar-refractivity contribution in [1.29, 1.82) is 0 Å². The standard InChI is InChI=1S/C10H20N4OS/c1-4-11-10-13-12-9(16-10)8-14(5-2)6-7-15-3/h4-8H2,1-3H3,(H,11,13). The highest BCUT2D eigenvalue weighted by atomic mass is 32.1. The molecule has 0 aromatic carbocycles. The van der Waals surface area contributed by atoms with Gasteiger partial charge in [-0.15, -0.1) is 10.2 Å². The van der Waals surface area contributed by atoms with Crippen molar-refractivity contribution in [2.24, 2.45) is 0 Å². The molecule has 0 unspecified atom stereocenters. The quantitative estimate of drug-likeness (QED) is 0.750. The average Bonchev–Trinajstić information content (AvgIpc) is 2.72. The summed E-state index contributed by atoms with van der Waals surface area (Å²) in [5, 5.41) is 13.3. The monoisotopic (exact) mass is 244 g/mol. The topological polar surface area (TPSA) is 50.3 Å². The zero-order chi connectivity index (χ0) is 11.8. The number of rotatable bonds is 8. The van der Waals surface area contributed by atoms with E-state index in [4.69, 9.17) is 4.74 Å². The van der Waals surface area contributed by atoms with Crippen LogP contribution in [-0.4, -0.2) is 48.4 Å². The summed E-state index contributed by atoms with van der Waals surface area (Å²) >= 11 is 1.62. The zero-order valence-electron chi connectivity index (χ0n) is 10.2. The normalized spacial score (nSPS) is 11.0. The lowest BCUT2D eigenvalue weighted by Gasteiger charge is -2.17. The Bertz CT molecular complexity index is 292. The lowest BCUT2D eigenvalue weighted by molar-refractivity contribution is 0.147. The van der Waals surface area contributed by atoms with E-state index in [0.29, 0.717) is 0 Å². The van der Waals surface area contributed by atoms with Gasteiger partial charge in [0.15, 0.2) is 0 Å². The molecule has 5 nitrogen and oxygen atoms in total. The van der Waals surface area contributed by atoms with Gasteiger partial charge in [0, 0.05) is 20.2 Å². The van der Waals surface area contributed by atoms with Crippen molar-refractivity contribution in [3.63, 3.8) is 0 Å². The number of ether oxygens (including phenoxy) is 1. The molecule has 0 aliphatic rings. The zero-order valence-corrected chi connectivity index (χ0v) is 11.0. The van der Waals surface area contributed by atoms with Gasteiger partial charge < -0.3 is 10.1 Å². The third-order valence-electron chi connectivity index (χ3n) is 2.21. The molecule has 0 saturated heterocycles. The van der Waals surface area contributed by atoms with Crippen LogP contribution < -0.4 is 5.32 Å². The Hall–Kier alpha value is -0.720. The van der Waals surface area contributed by atoms with Gasteiger partial charge in [-0.25, -0.2) is 0 Å². The smallest absolute Gasteiger partial charge is 0.205 e. The molecule has 0 saturated carbocycles. The van der Waals surface area contributed by atoms with Crippen LogP contribution in [0.15, 0.2) is 0 Å². The fourth-order valence-electron chi connectivity index (χ4n) is 1.30. The van der Waals surface area contributed by atoms with Crippen molar-refractivity contribution >= 4 is 16.5 Å². The molecule has 1 N–H and O–H groups in total. The van der Waals surface area contributed by atoms with Crippen molar-refractivity contribution in [3.05, 3.63) is 5.01 Å². The molecule has 0 bridgehead atoms. The third-order valence-corrected chi connectivity index (χ3v) is 3.08. The molecule has 16 heavy (non-hydrogen) atoms. The molecule has 0 aliphatic carbocycles. The fourth-order valence-corrected chi connectivity index (χ4v) is 2.15. The first-order valence-electron chi connectivity index (χ1n) is 5.57. The van der Waals surface area contributed by atoms with Crippen LogP contribution in [0.5, 0.6) is 0 Å². The molecule has 0 aliphatic heterocycles. The van der Waals surface area contributed by atoms with E-state index in [9.17, 15) is 0 Å². The number of anilines is 1. The molecule has 1 aromatic heterocycles. The summed E-state index contributed by atoms with van der Waals surface area (Å²) < 4.78 is 5.07. The van der Waals surface area contributed by atoms with Gasteiger partial charge in [-0.05, 0) is 13.5 Å². The predicted octanol–water partition coefficient (Wildman–Crippen LogP) is 1.44. The van der Waals surface area contributed by atoms with E-state index in [-0.39, 0.29) is 0 Å². The van der Waals surface area contributed by atoms with Gasteiger partial charge in [-0.3, -0.25) is 4.90 Å². The first-order chi connectivity index (χ1) is 7.80. The molecule has 0 radical (unpaired) electrons. The van der Waals surface area contributed by atoms with Crippen LogP contribution in [0.4, 0.5) is 5.13 Å². The third kappa shape index (κ3) is 4.42. The highest BCUT2D eigenvalue weighted by molar-refractivity contribution is 7.15. The number of hydrogen-bond acceptors (Lipinski definition) is 6. The maximum absolute atomic E-state index is 5.07. The van der Waals surface area contributed by atoms with E-state index in [2.05, 4.69) is 34.3 Å². The van der Waals surface area contributed by atoms with Crippen LogP contribution in [0.25, 0.3) is 0 Å². The molecule has 0 atom stereocenters. The minimum atomic E-state index is 0.757.